The van der Waals surface area contributed by atoms with Crippen LogP contribution in [0.1, 0.15) is 18.4 Å². The average molecular weight is 298 g/mol. The molecule has 5 nitrogen and oxygen atoms in total. The third-order valence-corrected chi connectivity index (χ3v) is 4.07. The smallest absolute Gasteiger partial charge is 0.310 e. The summed E-state index contributed by atoms with van der Waals surface area (Å²) in [5.74, 6) is 0.432. The monoisotopic (exact) mass is 298 g/mol. The van der Waals surface area contributed by atoms with Crippen LogP contribution in [0, 0.1) is 0 Å². The van der Waals surface area contributed by atoms with E-state index in [9.17, 15) is 15.0 Å². The highest BCUT2D eigenvalue weighted by molar-refractivity contribution is 5.87. The van der Waals surface area contributed by atoms with Gasteiger partial charge in [-0.25, -0.2) is 0 Å². The molecule has 2 aliphatic heterocycles. The molecule has 0 aromatic heterocycles. The second kappa shape index (κ2) is 4.66. The van der Waals surface area contributed by atoms with Crippen molar-refractivity contribution < 1.29 is 24.5 Å². The molecule has 0 spiro atoms. The number of rotatable bonds is 0. The summed E-state index contributed by atoms with van der Waals surface area (Å²) in [6, 6.07) is 1.66. The number of ether oxygens (including phenoxy) is 2. The second-order valence-electron chi connectivity index (χ2n) is 5.50. The Hall–Kier alpha value is -2.69. The zero-order chi connectivity index (χ0) is 15.3. The molecule has 0 unspecified atom stereocenters. The summed E-state index contributed by atoms with van der Waals surface area (Å²) in [4.78, 5) is 11.5. The van der Waals surface area contributed by atoms with E-state index >= 15 is 0 Å². The Morgan fingerprint density at radius 1 is 1.14 bits per heavy atom. The number of phenols is 1. The predicted molar refractivity (Wildman–Crippen MR) is 79.6 cm³/mol. The number of aliphatic hydroxyl groups is 1. The SMILES string of the molecule is O=C1CC2=CC(O)=Cc3c4c(cc(O)c3=C2CO1)=CCCO4. The molecule has 5 heteroatoms. The van der Waals surface area contributed by atoms with Crippen LogP contribution in [0.2, 0.25) is 0 Å². The number of cyclic esters (lactones) is 1. The number of esters is 1. The Morgan fingerprint density at radius 2 is 2.00 bits per heavy atom. The first-order chi connectivity index (χ1) is 10.6. The second-order valence-corrected chi connectivity index (χ2v) is 5.50. The van der Waals surface area contributed by atoms with Gasteiger partial charge in [0.2, 0.25) is 0 Å². The molecule has 22 heavy (non-hydrogen) atoms. The molecule has 1 aromatic rings. The Labute approximate surface area is 126 Å². The fourth-order valence-corrected chi connectivity index (χ4v) is 3.13. The van der Waals surface area contributed by atoms with Crippen molar-refractivity contribution in [3.63, 3.8) is 0 Å². The molecule has 2 heterocycles. The fraction of sp³-hybridized carbons (Fsp3) is 0.235. The van der Waals surface area contributed by atoms with Crippen LogP contribution in [0.3, 0.4) is 0 Å². The number of allylic oxidation sites excluding steroid dienone is 1. The van der Waals surface area contributed by atoms with Crippen LogP contribution in [0.15, 0.2) is 23.5 Å². The lowest BCUT2D eigenvalue weighted by molar-refractivity contribution is -0.142. The van der Waals surface area contributed by atoms with E-state index in [1.165, 1.54) is 0 Å². The van der Waals surface area contributed by atoms with E-state index in [0.717, 1.165) is 11.6 Å². The molecule has 3 aliphatic rings. The molecule has 0 amide bonds. The van der Waals surface area contributed by atoms with E-state index in [-0.39, 0.29) is 30.5 Å². The van der Waals surface area contributed by atoms with E-state index in [2.05, 4.69) is 0 Å². The van der Waals surface area contributed by atoms with E-state index in [1.54, 1.807) is 18.2 Å². The highest BCUT2D eigenvalue weighted by atomic mass is 16.5. The van der Waals surface area contributed by atoms with Crippen LogP contribution in [-0.4, -0.2) is 29.4 Å². The first-order valence-electron chi connectivity index (χ1n) is 7.13. The third-order valence-electron chi connectivity index (χ3n) is 4.07. The quantitative estimate of drug-likeness (QED) is 0.696. The molecule has 2 N–H and O–H groups in total. The molecule has 1 aromatic carbocycles. The zero-order valence-corrected chi connectivity index (χ0v) is 11.8. The highest BCUT2D eigenvalue weighted by Gasteiger charge is 2.25. The van der Waals surface area contributed by atoms with Gasteiger partial charge in [-0.15, -0.1) is 0 Å². The van der Waals surface area contributed by atoms with Crippen molar-refractivity contribution in [2.24, 2.45) is 0 Å². The first kappa shape index (κ1) is 13.0. The summed E-state index contributed by atoms with van der Waals surface area (Å²) in [5.41, 5.74) is 2.01. The van der Waals surface area contributed by atoms with E-state index in [0.29, 0.717) is 34.3 Å². The van der Waals surface area contributed by atoms with Crippen molar-refractivity contribution >= 4 is 23.7 Å². The number of carbonyl (C=O) groups excluding carboxylic acids is 1. The number of phenolic OH excluding ortho intramolecular Hbond substituents is 1. The minimum absolute atomic E-state index is 0.0305. The first-order valence-corrected chi connectivity index (χ1v) is 7.13. The molecule has 0 saturated carbocycles. The van der Waals surface area contributed by atoms with Gasteiger partial charge in [-0.2, -0.15) is 0 Å². The number of hydrogen-bond acceptors (Lipinski definition) is 5. The third kappa shape index (κ3) is 1.89. The lowest BCUT2D eigenvalue weighted by Gasteiger charge is -2.20. The molecular formula is C17H14O5. The number of aliphatic hydroxyl groups excluding tert-OH is 1. The standard InChI is InChI=1S/C17H14O5/c18-11-4-10-6-15(20)22-8-13(10)16-12(7-11)17-9(5-14(16)19)2-1-3-21-17/h2,4-5,7,18-19H,1,3,6,8H2. The lowest BCUT2D eigenvalue weighted by Crippen LogP contribution is -2.27. The Morgan fingerprint density at radius 3 is 2.86 bits per heavy atom. The maximum Gasteiger partial charge on any atom is 0.310 e. The Bertz CT molecular complexity index is 873. The van der Waals surface area contributed by atoms with Crippen LogP contribution in [0.5, 0.6) is 11.5 Å². The van der Waals surface area contributed by atoms with Gasteiger partial charge in [0, 0.05) is 28.0 Å². The van der Waals surface area contributed by atoms with Gasteiger partial charge < -0.3 is 19.7 Å². The topological polar surface area (TPSA) is 76.0 Å². The number of benzene rings is 1. The number of fused-ring (bicyclic) bond motifs is 4. The minimum atomic E-state index is -0.340. The van der Waals surface area contributed by atoms with Crippen LogP contribution >= 0.6 is 0 Å². The van der Waals surface area contributed by atoms with Gasteiger partial charge in [-0.05, 0) is 23.8 Å². The van der Waals surface area contributed by atoms with Crippen molar-refractivity contribution in [1.29, 1.82) is 0 Å². The van der Waals surface area contributed by atoms with Gasteiger partial charge in [0.15, 0.2) is 0 Å². The summed E-state index contributed by atoms with van der Waals surface area (Å²) < 4.78 is 10.9. The maximum absolute atomic E-state index is 11.5. The van der Waals surface area contributed by atoms with Gasteiger partial charge in [0.1, 0.15) is 23.9 Å². The number of hydrogen-bond donors (Lipinski definition) is 2. The van der Waals surface area contributed by atoms with Gasteiger partial charge in [0.05, 0.1) is 13.0 Å². The van der Waals surface area contributed by atoms with Crippen LogP contribution < -0.4 is 15.2 Å². The van der Waals surface area contributed by atoms with Crippen molar-refractivity contribution in [2.75, 3.05) is 13.2 Å². The van der Waals surface area contributed by atoms with Gasteiger partial charge in [0.25, 0.3) is 0 Å². The van der Waals surface area contributed by atoms with Crippen LogP contribution in [-0.2, 0) is 9.53 Å². The molecule has 1 saturated heterocycles. The fourth-order valence-electron chi connectivity index (χ4n) is 3.13. The molecule has 0 radical (unpaired) electrons. The largest absolute Gasteiger partial charge is 0.508 e. The van der Waals surface area contributed by atoms with Crippen molar-refractivity contribution in [1.82, 2.24) is 0 Å². The van der Waals surface area contributed by atoms with E-state index < -0.39 is 0 Å². The summed E-state index contributed by atoms with van der Waals surface area (Å²) in [6.45, 7) is 0.637. The molecule has 112 valence electrons. The molecule has 0 bridgehead atoms. The predicted octanol–water partition coefficient (Wildman–Crippen LogP) is 0.892. The molecule has 1 fully saturated rings. The highest BCUT2D eigenvalue weighted by Crippen LogP contribution is 2.29. The summed E-state index contributed by atoms with van der Waals surface area (Å²) >= 11 is 0. The Kier molecular flexibility index (Phi) is 2.76. The van der Waals surface area contributed by atoms with Crippen molar-refractivity contribution in [3.8, 4) is 11.5 Å². The average Bonchev–Trinajstić information content (AvgIpc) is 2.63. The van der Waals surface area contributed by atoms with Crippen molar-refractivity contribution in [3.05, 3.63) is 39.5 Å². The summed E-state index contributed by atoms with van der Waals surface area (Å²) in [7, 11) is 0. The normalized spacial score (nSPS) is 19.3. The number of carbonyl (C=O) groups is 1. The van der Waals surface area contributed by atoms with E-state index in [1.807, 2.05) is 6.08 Å². The maximum atomic E-state index is 11.5. The summed E-state index contributed by atoms with van der Waals surface area (Å²) in [5, 5.41) is 22.0. The molecule has 4 rings (SSSR count). The summed E-state index contributed by atoms with van der Waals surface area (Å²) in [6.07, 6.45) is 5.97. The van der Waals surface area contributed by atoms with E-state index in [4.69, 9.17) is 9.47 Å². The molecule has 1 aliphatic carbocycles. The van der Waals surface area contributed by atoms with Crippen molar-refractivity contribution in [2.45, 2.75) is 12.8 Å². The zero-order valence-electron chi connectivity index (χ0n) is 11.8. The minimum Gasteiger partial charge on any atom is -0.508 e. The van der Waals surface area contributed by atoms with Crippen LogP contribution in [0.4, 0.5) is 0 Å². The lowest BCUT2D eigenvalue weighted by atomic mass is 9.96. The van der Waals surface area contributed by atoms with Gasteiger partial charge in [-0.1, -0.05) is 6.08 Å². The van der Waals surface area contributed by atoms with Gasteiger partial charge >= 0.3 is 5.97 Å². The Balaban J connectivity index is 2.12. The number of aromatic hydroxyl groups is 1. The molecule has 0 atom stereocenters. The van der Waals surface area contributed by atoms with Crippen LogP contribution in [0.25, 0.3) is 17.7 Å². The molecular weight excluding hydrogens is 284 g/mol. The van der Waals surface area contributed by atoms with Gasteiger partial charge in [-0.3, -0.25) is 4.79 Å².